The number of likely N-dealkylation sites (tertiary alicyclic amines) is 1. The number of nitrogens with zero attached hydrogens (tertiary/aromatic N) is 1. The van der Waals surface area contributed by atoms with Crippen molar-refractivity contribution in [1.29, 1.82) is 0 Å². The standard InChI is InChI=1S/C22H32N4O5S/c1-13(2)18(25-19(27)15(23)12-32)20(28)24-16(11-14-7-4-3-5-8-14)21(29)26-10-6-9-17(26)22(30)31/h3-5,7-8,13,15-18,32H,6,9-12,23H2,1-2H3,(H,24,28)(H,25,27)(H,30,31). The normalized spacial score (nSPS) is 18.7. The van der Waals surface area contributed by atoms with E-state index < -0.39 is 47.9 Å². The lowest BCUT2D eigenvalue weighted by Crippen LogP contribution is -2.59. The lowest BCUT2D eigenvalue weighted by molar-refractivity contribution is -0.149. The van der Waals surface area contributed by atoms with Gasteiger partial charge in [0.05, 0.1) is 6.04 Å². The summed E-state index contributed by atoms with van der Waals surface area (Å²) in [4.78, 5) is 51.5. The molecule has 1 heterocycles. The molecule has 5 N–H and O–H groups in total. The zero-order chi connectivity index (χ0) is 23.8. The van der Waals surface area contributed by atoms with Crippen LogP contribution in [-0.2, 0) is 25.6 Å². The molecule has 1 aromatic rings. The Labute approximate surface area is 193 Å². The van der Waals surface area contributed by atoms with Crippen molar-refractivity contribution >= 4 is 36.3 Å². The third-order valence-corrected chi connectivity index (χ3v) is 5.89. The summed E-state index contributed by atoms with van der Waals surface area (Å²) in [6, 6.07) is 5.50. The van der Waals surface area contributed by atoms with Crippen LogP contribution in [0.25, 0.3) is 0 Å². The summed E-state index contributed by atoms with van der Waals surface area (Å²) in [5.41, 5.74) is 6.53. The van der Waals surface area contributed by atoms with Crippen LogP contribution in [0.1, 0.15) is 32.3 Å². The van der Waals surface area contributed by atoms with Gasteiger partial charge < -0.3 is 26.4 Å². The third-order valence-electron chi connectivity index (χ3n) is 5.50. The van der Waals surface area contributed by atoms with Crippen molar-refractivity contribution in [3.63, 3.8) is 0 Å². The van der Waals surface area contributed by atoms with E-state index in [0.29, 0.717) is 19.4 Å². The van der Waals surface area contributed by atoms with Crippen LogP contribution in [0.5, 0.6) is 0 Å². The Morgan fingerprint density at radius 3 is 2.38 bits per heavy atom. The summed E-state index contributed by atoms with van der Waals surface area (Å²) >= 11 is 4.01. The molecule has 2 rings (SSSR count). The van der Waals surface area contributed by atoms with Crippen LogP contribution < -0.4 is 16.4 Å². The molecule has 10 heteroatoms. The first-order valence-corrected chi connectivity index (χ1v) is 11.3. The second-order valence-electron chi connectivity index (χ2n) is 8.30. The van der Waals surface area contributed by atoms with E-state index in [1.807, 2.05) is 30.3 Å². The molecule has 4 unspecified atom stereocenters. The first kappa shape index (κ1) is 25.7. The second-order valence-corrected chi connectivity index (χ2v) is 8.66. The van der Waals surface area contributed by atoms with Gasteiger partial charge in [0.1, 0.15) is 18.1 Å². The molecule has 32 heavy (non-hydrogen) atoms. The van der Waals surface area contributed by atoms with Gasteiger partial charge in [-0.25, -0.2) is 4.79 Å². The fourth-order valence-electron chi connectivity index (χ4n) is 3.68. The zero-order valence-corrected chi connectivity index (χ0v) is 19.3. The van der Waals surface area contributed by atoms with Gasteiger partial charge in [0.15, 0.2) is 0 Å². The molecule has 1 aromatic carbocycles. The predicted molar refractivity (Wildman–Crippen MR) is 123 cm³/mol. The number of hydrogen-bond donors (Lipinski definition) is 5. The summed E-state index contributed by atoms with van der Waals surface area (Å²) < 4.78 is 0. The van der Waals surface area contributed by atoms with Gasteiger partial charge in [-0.15, -0.1) is 0 Å². The number of rotatable bonds is 10. The lowest BCUT2D eigenvalue weighted by Gasteiger charge is -2.30. The lowest BCUT2D eigenvalue weighted by atomic mass is 10.00. The Morgan fingerprint density at radius 2 is 1.81 bits per heavy atom. The van der Waals surface area contributed by atoms with Gasteiger partial charge in [0.25, 0.3) is 0 Å². The number of thiol groups is 1. The van der Waals surface area contributed by atoms with Gasteiger partial charge >= 0.3 is 5.97 Å². The summed E-state index contributed by atoms with van der Waals surface area (Å²) in [6.07, 6.45) is 1.16. The summed E-state index contributed by atoms with van der Waals surface area (Å²) in [6.45, 7) is 3.86. The van der Waals surface area contributed by atoms with Gasteiger partial charge in [-0.2, -0.15) is 12.6 Å². The number of carboxylic acids is 1. The number of carboxylic acid groups (broad SMARTS) is 1. The Bertz CT molecular complexity index is 820. The van der Waals surface area contributed by atoms with Gasteiger partial charge in [0.2, 0.25) is 17.7 Å². The molecule has 0 radical (unpaired) electrons. The number of hydrogen-bond acceptors (Lipinski definition) is 6. The maximum Gasteiger partial charge on any atom is 0.326 e. The first-order valence-electron chi connectivity index (χ1n) is 10.7. The van der Waals surface area contributed by atoms with Crippen molar-refractivity contribution in [2.75, 3.05) is 12.3 Å². The topological polar surface area (TPSA) is 142 Å². The summed E-state index contributed by atoms with van der Waals surface area (Å²) in [7, 11) is 0. The van der Waals surface area contributed by atoms with E-state index in [4.69, 9.17) is 5.73 Å². The molecule has 0 spiro atoms. The van der Waals surface area contributed by atoms with Crippen molar-refractivity contribution in [2.45, 2.75) is 57.3 Å². The molecule has 9 nitrogen and oxygen atoms in total. The molecular formula is C22H32N4O5S. The maximum absolute atomic E-state index is 13.3. The largest absolute Gasteiger partial charge is 0.480 e. The number of amides is 3. The van der Waals surface area contributed by atoms with Crippen molar-refractivity contribution in [1.82, 2.24) is 15.5 Å². The Kier molecular flexibility index (Phi) is 9.52. The van der Waals surface area contributed by atoms with Crippen LogP contribution in [0.4, 0.5) is 0 Å². The number of aliphatic carboxylic acids is 1. The average molecular weight is 465 g/mol. The van der Waals surface area contributed by atoms with Crippen molar-refractivity contribution < 1.29 is 24.3 Å². The zero-order valence-electron chi connectivity index (χ0n) is 18.4. The van der Waals surface area contributed by atoms with Crippen LogP contribution in [-0.4, -0.2) is 70.2 Å². The number of nitrogens with two attached hydrogens (primary N) is 1. The molecule has 176 valence electrons. The number of nitrogens with one attached hydrogen (secondary N) is 2. The minimum absolute atomic E-state index is 0.124. The highest BCUT2D eigenvalue weighted by Gasteiger charge is 2.38. The Morgan fingerprint density at radius 1 is 1.16 bits per heavy atom. The number of carbonyl (C=O) groups excluding carboxylic acids is 3. The fourth-order valence-corrected chi connectivity index (χ4v) is 3.84. The molecular weight excluding hydrogens is 432 g/mol. The highest BCUT2D eigenvalue weighted by Crippen LogP contribution is 2.20. The molecule has 0 aromatic heterocycles. The average Bonchev–Trinajstić information content (AvgIpc) is 3.26. The van der Waals surface area contributed by atoms with Crippen molar-refractivity contribution in [2.24, 2.45) is 11.7 Å². The van der Waals surface area contributed by atoms with Gasteiger partial charge in [-0.3, -0.25) is 14.4 Å². The molecule has 0 bridgehead atoms. The Balaban J connectivity index is 2.24. The highest BCUT2D eigenvalue weighted by atomic mass is 32.1. The molecule has 1 fully saturated rings. The van der Waals surface area contributed by atoms with Crippen LogP contribution in [0.3, 0.4) is 0 Å². The van der Waals surface area contributed by atoms with Crippen LogP contribution in [0, 0.1) is 5.92 Å². The SMILES string of the molecule is CC(C)C(NC(=O)C(N)CS)C(=O)NC(Cc1ccccc1)C(=O)N1CCCC1C(=O)O. The van der Waals surface area contributed by atoms with Crippen LogP contribution in [0.2, 0.25) is 0 Å². The van der Waals surface area contributed by atoms with E-state index in [1.165, 1.54) is 4.90 Å². The third kappa shape index (κ3) is 6.70. The van der Waals surface area contributed by atoms with Gasteiger partial charge in [0, 0.05) is 18.7 Å². The number of benzene rings is 1. The van der Waals surface area contributed by atoms with E-state index in [9.17, 15) is 24.3 Å². The molecule has 4 atom stereocenters. The fraction of sp³-hybridized carbons (Fsp3) is 0.545. The van der Waals surface area contributed by atoms with E-state index in [-0.39, 0.29) is 18.1 Å². The minimum atomic E-state index is -1.06. The van der Waals surface area contributed by atoms with E-state index >= 15 is 0 Å². The molecule has 0 aliphatic carbocycles. The van der Waals surface area contributed by atoms with Crippen molar-refractivity contribution in [3.8, 4) is 0 Å². The van der Waals surface area contributed by atoms with E-state index in [1.54, 1.807) is 13.8 Å². The van der Waals surface area contributed by atoms with Gasteiger partial charge in [-0.05, 0) is 24.3 Å². The predicted octanol–water partition coefficient (Wildman–Crippen LogP) is 0.187. The molecule has 1 aliphatic heterocycles. The molecule has 1 aliphatic rings. The molecule has 0 saturated carbocycles. The van der Waals surface area contributed by atoms with Crippen LogP contribution in [0.15, 0.2) is 30.3 Å². The minimum Gasteiger partial charge on any atom is -0.480 e. The first-order chi connectivity index (χ1) is 15.1. The number of carbonyl (C=O) groups is 4. The quantitative estimate of drug-likeness (QED) is 0.313. The smallest absolute Gasteiger partial charge is 0.326 e. The highest BCUT2D eigenvalue weighted by molar-refractivity contribution is 7.80. The summed E-state index contributed by atoms with van der Waals surface area (Å²) in [5.74, 6) is -2.69. The molecule has 1 saturated heterocycles. The summed E-state index contributed by atoms with van der Waals surface area (Å²) in [5, 5.41) is 14.9. The van der Waals surface area contributed by atoms with Gasteiger partial charge in [-0.1, -0.05) is 44.2 Å². The second kappa shape index (κ2) is 11.9. The monoisotopic (exact) mass is 464 g/mol. The Hall–Kier alpha value is -2.59. The maximum atomic E-state index is 13.3. The van der Waals surface area contributed by atoms with Crippen molar-refractivity contribution in [3.05, 3.63) is 35.9 Å². The van der Waals surface area contributed by atoms with E-state index in [0.717, 1.165) is 5.56 Å². The van der Waals surface area contributed by atoms with E-state index in [2.05, 4.69) is 23.3 Å². The van der Waals surface area contributed by atoms with Crippen LogP contribution >= 0.6 is 12.6 Å². The molecule has 3 amide bonds.